The van der Waals surface area contributed by atoms with Gasteiger partial charge in [-0.05, 0) is 41.8 Å². The molecule has 0 amide bonds. The van der Waals surface area contributed by atoms with Crippen molar-refractivity contribution in [3.05, 3.63) is 88.2 Å². The first-order valence-electron chi connectivity index (χ1n) is 8.81. The molecule has 1 N–H and O–H groups in total. The highest BCUT2D eigenvalue weighted by atomic mass is 35.5. The van der Waals surface area contributed by atoms with E-state index in [1.165, 1.54) is 5.56 Å². The second-order valence-electron chi connectivity index (χ2n) is 6.23. The van der Waals surface area contributed by atoms with E-state index < -0.39 is 0 Å². The van der Waals surface area contributed by atoms with Crippen LogP contribution in [0.5, 0.6) is 11.5 Å². The van der Waals surface area contributed by atoms with Crippen LogP contribution in [0.1, 0.15) is 22.4 Å². The molecule has 4 nitrogen and oxygen atoms in total. The molecule has 0 aliphatic carbocycles. The fraction of sp³-hybridized carbons (Fsp3) is 0.227. The third-order valence-corrected chi connectivity index (χ3v) is 4.68. The fourth-order valence-corrected chi connectivity index (χ4v) is 2.96. The average molecular weight is 383 g/mol. The number of nitrogens with one attached hydrogen (secondary N) is 1. The maximum absolute atomic E-state index is 6.46. The van der Waals surface area contributed by atoms with E-state index >= 15 is 0 Å². The summed E-state index contributed by atoms with van der Waals surface area (Å²) in [7, 11) is 1.63. The Labute approximate surface area is 165 Å². The van der Waals surface area contributed by atoms with Gasteiger partial charge in [0.15, 0.2) is 11.5 Å². The van der Waals surface area contributed by atoms with Crippen molar-refractivity contribution >= 4 is 11.6 Å². The molecule has 0 unspecified atom stereocenters. The van der Waals surface area contributed by atoms with E-state index in [1.54, 1.807) is 13.3 Å². The number of halogens is 1. The lowest BCUT2D eigenvalue weighted by atomic mass is 10.1. The molecule has 0 aliphatic heterocycles. The Bertz CT molecular complexity index is 885. The number of hydrogen-bond acceptors (Lipinski definition) is 4. The van der Waals surface area contributed by atoms with Crippen LogP contribution in [0.25, 0.3) is 0 Å². The molecule has 0 radical (unpaired) electrons. The minimum Gasteiger partial charge on any atom is -0.493 e. The van der Waals surface area contributed by atoms with Gasteiger partial charge in [-0.25, -0.2) is 0 Å². The summed E-state index contributed by atoms with van der Waals surface area (Å²) in [6.45, 7) is 3.82. The minimum atomic E-state index is 0.469. The van der Waals surface area contributed by atoms with Gasteiger partial charge in [0.1, 0.15) is 6.61 Å². The fourth-order valence-electron chi connectivity index (χ4n) is 2.74. The Morgan fingerprint density at radius 1 is 0.963 bits per heavy atom. The van der Waals surface area contributed by atoms with E-state index in [4.69, 9.17) is 21.1 Å². The smallest absolute Gasteiger partial charge is 0.163 e. The molecule has 0 atom stereocenters. The summed E-state index contributed by atoms with van der Waals surface area (Å²) in [4.78, 5) is 4.30. The van der Waals surface area contributed by atoms with Gasteiger partial charge in [0.25, 0.3) is 0 Å². The molecule has 1 heterocycles. The maximum Gasteiger partial charge on any atom is 0.163 e. The number of rotatable bonds is 8. The normalized spacial score (nSPS) is 10.6. The second-order valence-corrected chi connectivity index (χ2v) is 6.64. The van der Waals surface area contributed by atoms with Gasteiger partial charge in [0, 0.05) is 30.4 Å². The molecule has 0 spiro atoms. The lowest BCUT2D eigenvalue weighted by molar-refractivity contribution is 0.283. The van der Waals surface area contributed by atoms with Gasteiger partial charge < -0.3 is 14.8 Å². The molecule has 0 bridgehead atoms. The Kier molecular flexibility index (Phi) is 6.69. The summed E-state index contributed by atoms with van der Waals surface area (Å²) in [6.07, 6.45) is 1.79. The Hall–Kier alpha value is -2.56. The summed E-state index contributed by atoms with van der Waals surface area (Å²) >= 11 is 6.46. The maximum atomic E-state index is 6.46. The number of ether oxygens (including phenoxy) is 2. The Morgan fingerprint density at radius 2 is 1.78 bits per heavy atom. The van der Waals surface area contributed by atoms with Gasteiger partial charge in [-0.3, -0.25) is 4.98 Å². The van der Waals surface area contributed by atoms with Crippen LogP contribution in [-0.4, -0.2) is 12.1 Å². The highest BCUT2D eigenvalue weighted by Crippen LogP contribution is 2.34. The quantitative estimate of drug-likeness (QED) is 0.600. The molecule has 0 saturated carbocycles. The van der Waals surface area contributed by atoms with E-state index in [0.717, 1.165) is 16.8 Å². The lowest BCUT2D eigenvalue weighted by Gasteiger charge is -2.15. The van der Waals surface area contributed by atoms with Crippen molar-refractivity contribution in [3.8, 4) is 11.5 Å². The van der Waals surface area contributed by atoms with Gasteiger partial charge >= 0.3 is 0 Å². The highest BCUT2D eigenvalue weighted by Gasteiger charge is 2.11. The molecule has 0 saturated heterocycles. The van der Waals surface area contributed by atoms with Crippen molar-refractivity contribution in [1.82, 2.24) is 10.3 Å². The number of pyridine rings is 1. The number of aryl methyl sites for hydroxylation is 1. The topological polar surface area (TPSA) is 43.4 Å². The van der Waals surface area contributed by atoms with Gasteiger partial charge in [0.05, 0.1) is 12.8 Å². The number of aromatic nitrogens is 1. The Morgan fingerprint density at radius 3 is 2.52 bits per heavy atom. The van der Waals surface area contributed by atoms with Crippen molar-refractivity contribution < 1.29 is 9.47 Å². The van der Waals surface area contributed by atoms with Crippen LogP contribution in [0.3, 0.4) is 0 Å². The molecule has 2 aromatic carbocycles. The van der Waals surface area contributed by atoms with Crippen molar-refractivity contribution in [2.45, 2.75) is 26.6 Å². The van der Waals surface area contributed by atoms with Crippen LogP contribution in [-0.2, 0) is 19.7 Å². The highest BCUT2D eigenvalue weighted by molar-refractivity contribution is 6.31. The zero-order valence-corrected chi connectivity index (χ0v) is 16.3. The summed E-state index contributed by atoms with van der Waals surface area (Å²) in [5.41, 5.74) is 4.26. The van der Waals surface area contributed by atoms with Gasteiger partial charge in [0.2, 0.25) is 0 Å². The molecular weight excluding hydrogens is 360 g/mol. The van der Waals surface area contributed by atoms with Crippen LogP contribution >= 0.6 is 11.6 Å². The molecule has 0 aliphatic rings. The predicted molar refractivity (Wildman–Crippen MR) is 108 cm³/mol. The van der Waals surface area contributed by atoms with Crippen molar-refractivity contribution in [1.29, 1.82) is 0 Å². The zero-order chi connectivity index (χ0) is 19.1. The SMILES string of the molecule is COc1cc(CNCc2ccccn2)c(Cl)cc1OCc1ccccc1C. The first kappa shape index (κ1) is 19.2. The van der Waals surface area contributed by atoms with E-state index in [-0.39, 0.29) is 0 Å². The van der Waals surface area contributed by atoms with Crippen LogP contribution in [0.15, 0.2) is 60.8 Å². The molecule has 3 aromatic rings. The number of nitrogens with zero attached hydrogens (tertiary/aromatic N) is 1. The average Bonchev–Trinajstić information content (AvgIpc) is 2.69. The number of hydrogen-bond donors (Lipinski definition) is 1. The van der Waals surface area contributed by atoms with Crippen molar-refractivity contribution in [3.63, 3.8) is 0 Å². The lowest BCUT2D eigenvalue weighted by Crippen LogP contribution is -2.14. The standard InChI is InChI=1S/C22H23ClN2O2/c1-16-7-3-4-8-17(16)15-27-22-12-20(23)18(11-21(22)26-2)13-24-14-19-9-5-6-10-25-19/h3-12,24H,13-15H2,1-2H3. The van der Waals surface area contributed by atoms with Crippen molar-refractivity contribution in [2.75, 3.05) is 7.11 Å². The minimum absolute atomic E-state index is 0.469. The summed E-state index contributed by atoms with van der Waals surface area (Å²) in [5, 5.41) is 3.99. The molecule has 5 heteroatoms. The third-order valence-electron chi connectivity index (χ3n) is 4.32. The molecule has 3 rings (SSSR count). The Balaban J connectivity index is 1.66. The predicted octanol–water partition coefficient (Wildman–Crippen LogP) is 4.92. The molecule has 140 valence electrons. The van der Waals surface area contributed by atoms with Gasteiger partial charge in [-0.2, -0.15) is 0 Å². The van der Waals surface area contributed by atoms with E-state index in [0.29, 0.717) is 36.2 Å². The van der Waals surface area contributed by atoms with Crippen LogP contribution < -0.4 is 14.8 Å². The van der Waals surface area contributed by atoms with E-state index in [1.807, 2.05) is 42.5 Å². The summed E-state index contributed by atoms with van der Waals surface area (Å²) < 4.78 is 11.5. The molecule has 27 heavy (non-hydrogen) atoms. The monoisotopic (exact) mass is 382 g/mol. The van der Waals surface area contributed by atoms with Gasteiger partial charge in [-0.1, -0.05) is 41.9 Å². The van der Waals surface area contributed by atoms with Crippen LogP contribution in [0.2, 0.25) is 5.02 Å². The zero-order valence-electron chi connectivity index (χ0n) is 15.5. The first-order valence-corrected chi connectivity index (χ1v) is 9.19. The van der Waals surface area contributed by atoms with E-state index in [9.17, 15) is 0 Å². The largest absolute Gasteiger partial charge is 0.493 e. The van der Waals surface area contributed by atoms with Crippen LogP contribution in [0, 0.1) is 6.92 Å². The molecular formula is C22H23ClN2O2. The second kappa shape index (κ2) is 9.40. The summed E-state index contributed by atoms with van der Waals surface area (Å²) in [5.74, 6) is 1.31. The third kappa shape index (κ3) is 5.22. The van der Waals surface area contributed by atoms with Crippen molar-refractivity contribution in [2.24, 2.45) is 0 Å². The number of benzene rings is 2. The van der Waals surface area contributed by atoms with E-state index in [2.05, 4.69) is 29.4 Å². The summed E-state index contributed by atoms with van der Waals surface area (Å²) in [6, 6.07) is 17.7. The first-order chi connectivity index (χ1) is 13.2. The van der Waals surface area contributed by atoms with Crippen LogP contribution in [0.4, 0.5) is 0 Å². The number of methoxy groups -OCH3 is 1. The van der Waals surface area contributed by atoms with Gasteiger partial charge in [-0.15, -0.1) is 0 Å². The molecule has 0 fully saturated rings. The molecule has 1 aromatic heterocycles.